The predicted molar refractivity (Wildman–Crippen MR) is 240 cm³/mol. The number of para-hydroxylation sites is 2. The average molecular weight is 781 g/mol. The molecule has 0 saturated heterocycles. The van der Waals surface area contributed by atoms with Gasteiger partial charge >= 0.3 is 0 Å². The van der Waals surface area contributed by atoms with Crippen LogP contribution in [-0.2, 0) is 16.2 Å². The highest BCUT2D eigenvalue weighted by Crippen LogP contribution is 2.58. The van der Waals surface area contributed by atoms with Crippen LogP contribution >= 0.6 is 0 Å². The maximum atomic E-state index is 6.97. The standard InChI is InChI=1S/C55H44N2O3/c1-53(2,3)33-23-25-45-41(31-33)55(42-32-34(54(4,5)6)24-26-46(42)60-45,49-29-27-47-51(56-49)39-19-9-7-15-35(39)37-17-11-13-21-43(37)58-47)50-30-28-48-52(57-50)40-20-10-8-16-36(40)38-18-12-14-22-44(38)59-48/h7-32H,1-6H3. The van der Waals surface area contributed by atoms with Crippen LogP contribution in [0.5, 0.6) is 34.5 Å². The summed E-state index contributed by atoms with van der Waals surface area (Å²) in [6, 6.07) is 55.1. The number of ether oxygens (including phenoxy) is 3. The molecule has 5 nitrogen and oxygen atoms in total. The van der Waals surface area contributed by atoms with Crippen LogP contribution in [0.2, 0.25) is 0 Å². The Labute approximate surface area is 351 Å². The molecule has 0 spiro atoms. The number of fused-ring (bicyclic) bond motifs is 12. The van der Waals surface area contributed by atoms with Gasteiger partial charge in [0.25, 0.3) is 0 Å². The summed E-state index contributed by atoms with van der Waals surface area (Å²) in [5.41, 5.74) is 12.3. The molecule has 3 aliphatic rings. The van der Waals surface area contributed by atoms with Gasteiger partial charge in [0, 0.05) is 33.4 Å². The maximum Gasteiger partial charge on any atom is 0.153 e. The van der Waals surface area contributed by atoms with E-state index >= 15 is 0 Å². The first kappa shape index (κ1) is 36.1. The molecule has 0 amide bonds. The second kappa shape index (κ2) is 13.0. The fourth-order valence-corrected chi connectivity index (χ4v) is 9.21. The van der Waals surface area contributed by atoms with E-state index in [0.29, 0.717) is 11.5 Å². The first-order valence-electron chi connectivity index (χ1n) is 20.7. The van der Waals surface area contributed by atoms with E-state index in [1.165, 1.54) is 11.1 Å². The van der Waals surface area contributed by atoms with Crippen LogP contribution in [-0.4, -0.2) is 9.97 Å². The molecular weight excluding hydrogens is 737 g/mol. The van der Waals surface area contributed by atoms with Crippen LogP contribution < -0.4 is 14.2 Å². The summed E-state index contributed by atoms with van der Waals surface area (Å²) in [5.74, 6) is 4.51. The van der Waals surface area contributed by atoms with Crippen LogP contribution in [0.3, 0.4) is 0 Å². The lowest BCUT2D eigenvalue weighted by molar-refractivity contribution is 0.425. The molecule has 0 radical (unpaired) electrons. The number of benzene rings is 6. The lowest BCUT2D eigenvalue weighted by atomic mass is 9.65. The summed E-state index contributed by atoms with van der Waals surface area (Å²) < 4.78 is 20.5. The fraction of sp³-hybridized carbons (Fsp3) is 0.164. The molecule has 5 heteroatoms. The van der Waals surface area contributed by atoms with Crippen molar-refractivity contribution in [2.45, 2.75) is 57.8 Å². The average Bonchev–Trinajstić information content (AvgIpc) is 3.49. The van der Waals surface area contributed by atoms with E-state index in [1.54, 1.807) is 0 Å². The Kier molecular flexibility index (Phi) is 7.83. The van der Waals surface area contributed by atoms with Gasteiger partial charge < -0.3 is 14.2 Å². The molecule has 5 heterocycles. The van der Waals surface area contributed by atoms with Crippen molar-refractivity contribution in [1.29, 1.82) is 0 Å². The Balaban J connectivity index is 1.28. The van der Waals surface area contributed by atoms with Gasteiger partial charge in [-0.15, -0.1) is 0 Å². The Hall–Kier alpha value is -6.98. The molecular formula is C55H44N2O3. The van der Waals surface area contributed by atoms with E-state index in [0.717, 1.165) is 90.3 Å². The molecule has 0 atom stereocenters. The third kappa shape index (κ3) is 5.45. The Morgan fingerprint density at radius 3 is 1.12 bits per heavy atom. The van der Waals surface area contributed by atoms with Gasteiger partial charge in [0.1, 0.15) is 39.8 Å². The van der Waals surface area contributed by atoms with Crippen molar-refractivity contribution in [2.24, 2.45) is 0 Å². The topological polar surface area (TPSA) is 53.5 Å². The first-order chi connectivity index (χ1) is 29.0. The first-order valence-corrected chi connectivity index (χ1v) is 20.7. The smallest absolute Gasteiger partial charge is 0.153 e. The van der Waals surface area contributed by atoms with Crippen LogP contribution in [0.1, 0.15) is 75.2 Å². The van der Waals surface area contributed by atoms with E-state index < -0.39 is 5.41 Å². The molecule has 0 fully saturated rings. The highest BCUT2D eigenvalue weighted by Gasteiger charge is 2.49. The third-order valence-electron chi connectivity index (χ3n) is 12.4. The zero-order valence-corrected chi connectivity index (χ0v) is 34.6. The van der Waals surface area contributed by atoms with Gasteiger partial charge in [-0.3, -0.25) is 0 Å². The molecule has 6 aromatic carbocycles. The predicted octanol–water partition coefficient (Wildman–Crippen LogP) is 14.4. The van der Waals surface area contributed by atoms with E-state index in [1.807, 2.05) is 24.3 Å². The summed E-state index contributed by atoms with van der Waals surface area (Å²) in [6.07, 6.45) is 0. The van der Waals surface area contributed by atoms with Gasteiger partial charge in [-0.05, 0) is 93.7 Å². The second-order valence-electron chi connectivity index (χ2n) is 18.1. The largest absolute Gasteiger partial charge is 0.457 e. The molecule has 8 aromatic rings. The summed E-state index contributed by atoms with van der Waals surface area (Å²) in [5, 5.41) is 0. The number of hydrogen-bond donors (Lipinski definition) is 0. The van der Waals surface area contributed by atoms with Gasteiger partial charge in [-0.25, -0.2) is 9.97 Å². The third-order valence-corrected chi connectivity index (χ3v) is 12.4. The zero-order chi connectivity index (χ0) is 41.0. The van der Waals surface area contributed by atoms with Crippen LogP contribution in [0, 0.1) is 0 Å². The number of aromatic nitrogens is 2. The van der Waals surface area contributed by atoms with E-state index in [-0.39, 0.29) is 10.8 Å². The minimum absolute atomic E-state index is 0.159. The van der Waals surface area contributed by atoms with E-state index in [2.05, 4.69) is 175 Å². The molecule has 0 aliphatic carbocycles. The van der Waals surface area contributed by atoms with Crippen molar-refractivity contribution in [2.75, 3.05) is 0 Å². The molecule has 3 aliphatic heterocycles. The lowest BCUT2D eigenvalue weighted by Crippen LogP contribution is -2.37. The van der Waals surface area contributed by atoms with Crippen molar-refractivity contribution in [3.63, 3.8) is 0 Å². The van der Waals surface area contributed by atoms with Crippen molar-refractivity contribution >= 4 is 0 Å². The Morgan fingerprint density at radius 2 is 0.700 bits per heavy atom. The molecule has 0 N–H and O–H groups in total. The van der Waals surface area contributed by atoms with E-state index in [9.17, 15) is 0 Å². The summed E-state index contributed by atoms with van der Waals surface area (Å²) >= 11 is 0. The second-order valence-corrected chi connectivity index (χ2v) is 18.1. The molecule has 0 saturated carbocycles. The normalized spacial score (nSPS) is 14.0. The molecule has 292 valence electrons. The van der Waals surface area contributed by atoms with Crippen LogP contribution in [0.4, 0.5) is 0 Å². The quantitative estimate of drug-likeness (QED) is 0.175. The van der Waals surface area contributed by atoms with Crippen LogP contribution in [0.25, 0.3) is 44.8 Å². The number of nitrogens with zero attached hydrogens (tertiary/aromatic N) is 2. The van der Waals surface area contributed by atoms with Crippen molar-refractivity contribution in [3.8, 4) is 79.3 Å². The lowest BCUT2D eigenvalue weighted by Gasteiger charge is -2.41. The number of hydrogen-bond acceptors (Lipinski definition) is 5. The minimum atomic E-state index is -1.06. The Morgan fingerprint density at radius 1 is 0.350 bits per heavy atom. The number of pyridine rings is 2. The van der Waals surface area contributed by atoms with Gasteiger partial charge in [-0.2, -0.15) is 0 Å². The van der Waals surface area contributed by atoms with Crippen LogP contribution in [0.15, 0.2) is 158 Å². The molecule has 0 bridgehead atoms. The minimum Gasteiger partial charge on any atom is -0.457 e. The highest BCUT2D eigenvalue weighted by molar-refractivity contribution is 5.91. The monoisotopic (exact) mass is 780 g/mol. The summed E-state index contributed by atoms with van der Waals surface area (Å²) in [7, 11) is 0. The van der Waals surface area contributed by atoms with Crippen molar-refractivity contribution < 1.29 is 14.2 Å². The highest BCUT2D eigenvalue weighted by atomic mass is 16.5. The molecule has 11 rings (SSSR count). The van der Waals surface area contributed by atoms with E-state index in [4.69, 9.17) is 24.2 Å². The molecule has 0 unspecified atom stereocenters. The van der Waals surface area contributed by atoms with Gasteiger partial charge in [0.2, 0.25) is 0 Å². The summed E-state index contributed by atoms with van der Waals surface area (Å²) in [4.78, 5) is 11.6. The molecule has 60 heavy (non-hydrogen) atoms. The van der Waals surface area contributed by atoms with Crippen molar-refractivity contribution in [3.05, 3.63) is 191 Å². The SMILES string of the molecule is CC(C)(C)c1ccc2c(c1)C(c1ccc3c(n1)-c1ccccc1-c1ccccc1O3)(c1ccc3c(n1)-c1ccccc1-c1ccccc1O3)c1cc(C(C)(C)C)ccc1O2. The van der Waals surface area contributed by atoms with Gasteiger partial charge in [-0.1, -0.05) is 139 Å². The molecule has 2 aromatic heterocycles. The van der Waals surface area contributed by atoms with Gasteiger partial charge in [0.05, 0.1) is 11.4 Å². The number of rotatable bonds is 2. The Bertz CT molecular complexity index is 2850. The summed E-state index contributed by atoms with van der Waals surface area (Å²) in [6.45, 7) is 13.5. The zero-order valence-electron chi connectivity index (χ0n) is 34.6. The fourth-order valence-electron chi connectivity index (χ4n) is 9.21. The van der Waals surface area contributed by atoms with Gasteiger partial charge in [0.15, 0.2) is 11.5 Å². The van der Waals surface area contributed by atoms with Crippen molar-refractivity contribution in [1.82, 2.24) is 9.97 Å². The maximum absolute atomic E-state index is 6.97.